The van der Waals surface area contributed by atoms with Crippen molar-refractivity contribution in [2.75, 3.05) is 40.9 Å². The highest BCUT2D eigenvalue weighted by molar-refractivity contribution is 7.47. The van der Waals surface area contributed by atoms with Gasteiger partial charge in [-0.2, -0.15) is 0 Å². The van der Waals surface area contributed by atoms with E-state index >= 15 is 0 Å². The first kappa shape index (κ1) is 75.1. The molecule has 0 fully saturated rings. The number of quaternary nitrogens is 1. The van der Waals surface area contributed by atoms with Gasteiger partial charge in [-0.15, -0.1) is 0 Å². The maximum Gasteiger partial charge on any atom is 0.472 e. The van der Waals surface area contributed by atoms with E-state index in [1.54, 1.807) is 6.08 Å². The maximum absolute atomic E-state index is 13.0. The highest BCUT2D eigenvalue weighted by atomic mass is 31.2. The molecule has 0 radical (unpaired) electrons. The van der Waals surface area contributed by atoms with Crippen molar-refractivity contribution in [2.45, 2.75) is 238 Å². The van der Waals surface area contributed by atoms with Gasteiger partial charge in [-0.1, -0.05) is 255 Å². The summed E-state index contributed by atoms with van der Waals surface area (Å²) in [6.07, 6.45) is 92.1. The molecule has 3 unspecified atom stereocenters. The van der Waals surface area contributed by atoms with E-state index in [2.05, 4.69) is 165 Å². The Balaban J connectivity index is 4.28. The van der Waals surface area contributed by atoms with Crippen molar-refractivity contribution in [3.05, 3.63) is 158 Å². The fraction of sp³-hybridized carbons (Fsp3) is 0.614. The summed E-state index contributed by atoms with van der Waals surface area (Å²) >= 11 is 0. The first-order valence-corrected chi connectivity index (χ1v) is 32.9. The highest BCUT2D eigenvalue weighted by Crippen LogP contribution is 2.43. The van der Waals surface area contributed by atoms with E-state index in [1.165, 1.54) is 70.6 Å². The number of hydrogen-bond donors (Lipinski definition) is 3. The number of likely N-dealkylation sites (N-methyl/N-ethyl adjacent to an activating group) is 1. The third-order valence-corrected chi connectivity index (χ3v) is 13.9. The second-order valence-electron chi connectivity index (χ2n) is 21.7. The lowest BCUT2D eigenvalue weighted by molar-refractivity contribution is -0.870. The van der Waals surface area contributed by atoms with Crippen LogP contribution in [-0.2, 0) is 18.4 Å². The van der Waals surface area contributed by atoms with Crippen molar-refractivity contribution in [3.63, 3.8) is 0 Å². The summed E-state index contributed by atoms with van der Waals surface area (Å²) in [6, 6.07) is -0.891. The molecule has 3 N–H and O–H groups in total. The van der Waals surface area contributed by atoms with E-state index < -0.39 is 20.0 Å². The van der Waals surface area contributed by atoms with E-state index in [-0.39, 0.29) is 19.1 Å². The minimum absolute atomic E-state index is 0.0417. The van der Waals surface area contributed by atoms with E-state index in [9.17, 15) is 19.4 Å². The summed E-state index contributed by atoms with van der Waals surface area (Å²) in [6.45, 7) is 4.64. The molecule has 0 aliphatic heterocycles. The topological polar surface area (TPSA) is 105 Å². The van der Waals surface area contributed by atoms with Crippen LogP contribution in [0.25, 0.3) is 0 Å². The fourth-order valence-corrected chi connectivity index (χ4v) is 8.84. The Hall–Kier alpha value is -3.88. The van der Waals surface area contributed by atoms with E-state index in [0.29, 0.717) is 17.4 Å². The Bertz CT molecular complexity index is 1840. The minimum Gasteiger partial charge on any atom is -0.387 e. The number of unbranched alkanes of at least 4 members (excludes halogenated alkanes) is 18. The number of aliphatic hydroxyl groups excluding tert-OH is 1. The van der Waals surface area contributed by atoms with Gasteiger partial charge in [0.1, 0.15) is 13.2 Å². The quantitative estimate of drug-likeness (QED) is 0.0243. The van der Waals surface area contributed by atoms with Crippen molar-refractivity contribution in [1.29, 1.82) is 0 Å². The Morgan fingerprint density at radius 3 is 1.16 bits per heavy atom. The summed E-state index contributed by atoms with van der Waals surface area (Å²) in [5, 5.41) is 13.9. The van der Waals surface area contributed by atoms with Gasteiger partial charge in [-0.25, -0.2) is 4.57 Å². The van der Waals surface area contributed by atoms with Crippen molar-refractivity contribution in [2.24, 2.45) is 0 Å². The molecule has 0 heterocycles. The molecule has 0 aromatic rings. The van der Waals surface area contributed by atoms with E-state index in [1.807, 2.05) is 27.2 Å². The molecule has 9 heteroatoms. The molecule has 3 atom stereocenters. The lowest BCUT2D eigenvalue weighted by Gasteiger charge is -2.25. The Morgan fingerprint density at radius 1 is 0.443 bits per heavy atom. The summed E-state index contributed by atoms with van der Waals surface area (Å²) in [5.41, 5.74) is 0. The van der Waals surface area contributed by atoms with Crippen LogP contribution in [0, 0.1) is 0 Å². The van der Waals surface area contributed by atoms with Crippen LogP contribution < -0.4 is 5.32 Å². The first-order valence-electron chi connectivity index (χ1n) is 31.4. The largest absolute Gasteiger partial charge is 0.472 e. The maximum atomic E-state index is 13.0. The molecule has 0 rings (SSSR count). The number of allylic oxidation sites excluding steroid dienone is 25. The number of carbonyl (C=O) groups excluding carboxylic acids is 1. The normalized spacial score (nSPS) is 14.9. The molecule has 448 valence electrons. The number of amides is 1. The average molecular weight is 1110 g/mol. The third-order valence-electron chi connectivity index (χ3n) is 13.0. The lowest BCUT2D eigenvalue weighted by Crippen LogP contribution is -2.45. The summed E-state index contributed by atoms with van der Waals surface area (Å²) in [4.78, 5) is 23.3. The van der Waals surface area contributed by atoms with Crippen LogP contribution in [0.5, 0.6) is 0 Å². The molecule has 0 bridgehead atoms. The molecule has 0 saturated heterocycles. The molecule has 0 aliphatic carbocycles. The molecule has 0 aromatic carbocycles. The average Bonchev–Trinajstić information content (AvgIpc) is 3.42. The number of rotatable bonds is 55. The lowest BCUT2D eigenvalue weighted by atomic mass is 10.1. The summed E-state index contributed by atoms with van der Waals surface area (Å²) < 4.78 is 23.7. The van der Waals surface area contributed by atoms with Crippen LogP contribution >= 0.6 is 7.82 Å². The Labute approximate surface area is 486 Å². The number of phosphoric ester groups is 1. The van der Waals surface area contributed by atoms with Gasteiger partial charge in [0.25, 0.3) is 0 Å². The molecule has 8 nitrogen and oxygen atoms in total. The predicted molar refractivity (Wildman–Crippen MR) is 345 cm³/mol. The van der Waals surface area contributed by atoms with Crippen LogP contribution in [0.4, 0.5) is 0 Å². The van der Waals surface area contributed by atoms with Gasteiger partial charge in [0.2, 0.25) is 5.91 Å². The highest BCUT2D eigenvalue weighted by Gasteiger charge is 2.27. The molecule has 0 aliphatic rings. The number of carbonyl (C=O) groups is 1. The zero-order chi connectivity index (χ0) is 57.7. The fourth-order valence-electron chi connectivity index (χ4n) is 8.10. The Morgan fingerprint density at radius 2 is 0.772 bits per heavy atom. The number of phosphoric acid groups is 1. The molecule has 0 saturated carbocycles. The minimum atomic E-state index is -4.38. The smallest absolute Gasteiger partial charge is 0.387 e. The van der Waals surface area contributed by atoms with Gasteiger partial charge in [-0.05, 0) is 122 Å². The van der Waals surface area contributed by atoms with Crippen LogP contribution in [0.1, 0.15) is 226 Å². The predicted octanol–water partition coefficient (Wildman–Crippen LogP) is 19.8. The molecular formula is C70H118N2O6P+. The van der Waals surface area contributed by atoms with Crippen LogP contribution in [-0.4, -0.2) is 73.4 Å². The van der Waals surface area contributed by atoms with Crippen LogP contribution in [0.15, 0.2) is 158 Å². The molecular weight excluding hydrogens is 996 g/mol. The first-order chi connectivity index (χ1) is 38.5. The van der Waals surface area contributed by atoms with Crippen molar-refractivity contribution in [1.82, 2.24) is 5.32 Å². The third kappa shape index (κ3) is 61.6. The number of hydrogen-bond acceptors (Lipinski definition) is 5. The second kappa shape index (κ2) is 58.8. The van der Waals surface area contributed by atoms with Gasteiger partial charge in [-0.3, -0.25) is 13.8 Å². The summed E-state index contributed by atoms with van der Waals surface area (Å²) in [7, 11) is 1.51. The van der Waals surface area contributed by atoms with Gasteiger partial charge < -0.3 is 19.8 Å². The van der Waals surface area contributed by atoms with Gasteiger partial charge in [0, 0.05) is 6.42 Å². The second-order valence-corrected chi connectivity index (χ2v) is 23.1. The molecule has 79 heavy (non-hydrogen) atoms. The zero-order valence-corrected chi connectivity index (χ0v) is 51.9. The van der Waals surface area contributed by atoms with E-state index in [4.69, 9.17) is 9.05 Å². The van der Waals surface area contributed by atoms with Gasteiger partial charge in [0.05, 0.1) is 39.9 Å². The standard InChI is InChI=1S/C70H117N2O6P/c1-6-8-10-12-14-16-18-20-22-24-26-28-29-30-31-32-33-34-35-36-37-38-39-40-41-42-43-44-46-48-50-52-54-56-58-60-62-64-70(74)71-68(67-78-79(75,76)77-66-65-72(3,4)5)69(73)63-61-59-57-55-53-51-49-47-45-27-25-23-21-19-17-15-13-11-9-7-2/h8,10,14,16,20,22,26,28,30-31,33-34,36-37,39-40,42-43,45-48,53,55,61,63,68-69,73H,6-7,9,11-13,15,17-19,21,23-25,27,29,32,35,38,41,44,49-52,54,56-60,62,64-67H2,1-5H3,(H-,71,74,75,76)/p+1/b10-8-,16-14-,22-20-,28-26-,31-30-,34-33-,37-36-,40-39-,43-42-,47-45+,48-46-,55-53+,63-61+. The molecule has 0 spiro atoms. The SMILES string of the molecule is CC/C=C\C/C=C\C/C=C\C/C=C\C/C=C\C/C=C\C/C=C\C/C=C\C/C=C\C/C=C\CCCCCCCCC(=O)NC(COP(=O)(O)OCC[N+](C)(C)C)C(O)/C=C/CC/C=C/CC/C=C/CCCCCCCCCCCC. The van der Waals surface area contributed by atoms with Crippen LogP contribution in [0.3, 0.4) is 0 Å². The number of aliphatic hydroxyl groups is 1. The van der Waals surface area contributed by atoms with E-state index in [0.717, 1.165) is 135 Å². The van der Waals surface area contributed by atoms with Crippen molar-refractivity contribution in [3.8, 4) is 0 Å². The Kier molecular flexibility index (Phi) is 55.9. The summed E-state index contributed by atoms with van der Waals surface area (Å²) in [5.74, 6) is -0.212. The van der Waals surface area contributed by atoms with Gasteiger partial charge >= 0.3 is 7.82 Å². The van der Waals surface area contributed by atoms with Crippen molar-refractivity contribution >= 4 is 13.7 Å². The zero-order valence-electron chi connectivity index (χ0n) is 51.0. The van der Waals surface area contributed by atoms with Crippen molar-refractivity contribution < 1.29 is 32.9 Å². The number of nitrogens with zero attached hydrogens (tertiary/aromatic N) is 1. The van der Waals surface area contributed by atoms with Crippen LogP contribution in [0.2, 0.25) is 0 Å². The molecule has 0 aromatic heterocycles. The molecule has 1 amide bonds. The monoisotopic (exact) mass is 1110 g/mol. The number of nitrogens with one attached hydrogen (secondary N) is 1. The van der Waals surface area contributed by atoms with Gasteiger partial charge in [0.15, 0.2) is 0 Å².